The van der Waals surface area contributed by atoms with Gasteiger partial charge in [0, 0.05) is 25.2 Å². The van der Waals surface area contributed by atoms with E-state index in [4.69, 9.17) is 11.5 Å². The fourth-order valence-corrected chi connectivity index (χ4v) is 4.49. The van der Waals surface area contributed by atoms with Crippen molar-refractivity contribution in [1.82, 2.24) is 9.80 Å². The van der Waals surface area contributed by atoms with Gasteiger partial charge in [0.15, 0.2) is 0 Å². The molecule has 1 aliphatic carbocycles. The van der Waals surface area contributed by atoms with E-state index in [0.29, 0.717) is 12.1 Å². The Bertz CT molecular complexity index is 382. The Morgan fingerprint density at radius 3 is 2.43 bits per heavy atom. The highest BCUT2D eigenvalue weighted by Gasteiger charge is 2.41. The van der Waals surface area contributed by atoms with E-state index in [-0.39, 0.29) is 5.91 Å². The number of nitrogens with two attached hydrogens (primary N) is 2. The molecule has 2 heterocycles. The molecule has 0 spiro atoms. The molecule has 2 saturated heterocycles. The van der Waals surface area contributed by atoms with Gasteiger partial charge in [-0.25, -0.2) is 0 Å². The molecule has 0 aromatic carbocycles. The van der Waals surface area contributed by atoms with Crippen LogP contribution in [-0.4, -0.2) is 59.5 Å². The van der Waals surface area contributed by atoms with Gasteiger partial charge in [-0.1, -0.05) is 6.42 Å². The Hall–Kier alpha value is -0.650. The molecule has 1 saturated carbocycles. The summed E-state index contributed by atoms with van der Waals surface area (Å²) in [5.74, 6) is -0.320. The summed E-state index contributed by atoms with van der Waals surface area (Å²) >= 11 is 0. The molecule has 120 valence electrons. The van der Waals surface area contributed by atoms with Crippen LogP contribution < -0.4 is 11.5 Å². The van der Waals surface area contributed by atoms with E-state index in [1.807, 2.05) is 0 Å². The van der Waals surface area contributed by atoms with Crippen molar-refractivity contribution in [3.63, 3.8) is 0 Å². The van der Waals surface area contributed by atoms with Crippen LogP contribution >= 0.6 is 0 Å². The number of hydrogen-bond donors (Lipinski definition) is 2. The van der Waals surface area contributed by atoms with Crippen LogP contribution in [-0.2, 0) is 4.79 Å². The van der Waals surface area contributed by atoms with E-state index < -0.39 is 5.54 Å². The molecule has 21 heavy (non-hydrogen) atoms. The summed E-state index contributed by atoms with van der Waals surface area (Å²) < 4.78 is 0. The van der Waals surface area contributed by atoms with E-state index >= 15 is 0 Å². The number of carbonyl (C=O) groups excluding carboxylic acids is 1. The van der Waals surface area contributed by atoms with Crippen molar-refractivity contribution >= 4 is 5.91 Å². The van der Waals surface area contributed by atoms with Crippen molar-refractivity contribution in [1.29, 1.82) is 0 Å². The predicted molar refractivity (Wildman–Crippen MR) is 83.8 cm³/mol. The highest BCUT2D eigenvalue weighted by atomic mass is 16.1. The Balaban J connectivity index is 1.57. The highest BCUT2D eigenvalue weighted by molar-refractivity contribution is 5.84. The van der Waals surface area contributed by atoms with Gasteiger partial charge in [-0.2, -0.15) is 0 Å². The van der Waals surface area contributed by atoms with E-state index in [2.05, 4.69) is 9.80 Å². The zero-order valence-electron chi connectivity index (χ0n) is 13.1. The van der Waals surface area contributed by atoms with Crippen LogP contribution in [0.1, 0.15) is 51.4 Å². The van der Waals surface area contributed by atoms with Crippen molar-refractivity contribution in [2.24, 2.45) is 11.5 Å². The van der Waals surface area contributed by atoms with Crippen LogP contribution in [0, 0.1) is 0 Å². The summed E-state index contributed by atoms with van der Waals surface area (Å²) in [4.78, 5) is 16.9. The molecule has 3 aliphatic rings. The first-order valence-electron chi connectivity index (χ1n) is 8.65. The standard InChI is InChI=1S/C16H30N4O/c17-15(21)16(18)7-4-5-13(11-16)20-10-6-14(12-20)19-8-2-1-3-9-19/h13-14H,1-12,18H2,(H2,17,21). The van der Waals surface area contributed by atoms with Crippen molar-refractivity contribution in [2.75, 3.05) is 26.2 Å². The van der Waals surface area contributed by atoms with E-state index in [1.165, 1.54) is 45.2 Å². The Morgan fingerprint density at radius 2 is 1.71 bits per heavy atom. The summed E-state index contributed by atoms with van der Waals surface area (Å²) in [6.45, 7) is 4.84. The molecular formula is C16H30N4O. The van der Waals surface area contributed by atoms with Gasteiger partial charge in [0.25, 0.3) is 0 Å². The number of nitrogens with zero attached hydrogens (tertiary/aromatic N) is 2. The smallest absolute Gasteiger partial charge is 0.237 e. The van der Waals surface area contributed by atoms with Crippen LogP contribution in [0.3, 0.4) is 0 Å². The number of piperidine rings is 1. The molecule has 0 aromatic rings. The SMILES string of the molecule is NC(=O)C1(N)CCCC(N2CCC(N3CCCCC3)C2)C1. The molecule has 2 aliphatic heterocycles. The lowest BCUT2D eigenvalue weighted by Crippen LogP contribution is -2.58. The van der Waals surface area contributed by atoms with Gasteiger partial charge in [-0.05, 0) is 58.0 Å². The van der Waals surface area contributed by atoms with Crippen LogP contribution in [0.2, 0.25) is 0 Å². The average molecular weight is 294 g/mol. The second-order valence-corrected chi connectivity index (χ2v) is 7.30. The van der Waals surface area contributed by atoms with E-state index in [0.717, 1.165) is 32.4 Å². The van der Waals surface area contributed by atoms with Crippen LogP contribution in [0.5, 0.6) is 0 Å². The number of rotatable bonds is 3. The van der Waals surface area contributed by atoms with Crippen LogP contribution in [0.25, 0.3) is 0 Å². The zero-order valence-corrected chi connectivity index (χ0v) is 13.1. The predicted octanol–water partition coefficient (Wildman–Crippen LogP) is 0.672. The summed E-state index contributed by atoms with van der Waals surface area (Å²) in [7, 11) is 0. The van der Waals surface area contributed by atoms with Gasteiger partial charge >= 0.3 is 0 Å². The number of primary amides is 1. The number of amides is 1. The summed E-state index contributed by atoms with van der Waals surface area (Å²) in [6.07, 6.45) is 9.06. The topological polar surface area (TPSA) is 75.6 Å². The number of likely N-dealkylation sites (tertiary alicyclic amines) is 2. The average Bonchev–Trinajstić information content (AvgIpc) is 2.98. The maximum Gasteiger partial charge on any atom is 0.237 e. The summed E-state index contributed by atoms with van der Waals surface area (Å²) in [6, 6.07) is 1.17. The first kappa shape index (κ1) is 15.3. The molecule has 1 amide bonds. The normalized spacial score (nSPS) is 39.5. The molecule has 0 bridgehead atoms. The molecule has 3 unspecified atom stereocenters. The molecule has 3 atom stereocenters. The maximum atomic E-state index is 11.6. The lowest BCUT2D eigenvalue weighted by Gasteiger charge is -2.40. The molecule has 3 rings (SSSR count). The largest absolute Gasteiger partial charge is 0.368 e. The minimum Gasteiger partial charge on any atom is -0.368 e. The van der Waals surface area contributed by atoms with E-state index in [9.17, 15) is 4.79 Å². The molecule has 5 nitrogen and oxygen atoms in total. The minimum absolute atomic E-state index is 0.320. The van der Waals surface area contributed by atoms with Gasteiger partial charge in [0.2, 0.25) is 5.91 Å². The van der Waals surface area contributed by atoms with Crippen LogP contribution in [0.4, 0.5) is 0 Å². The maximum absolute atomic E-state index is 11.6. The monoisotopic (exact) mass is 294 g/mol. The third-order valence-corrected chi connectivity index (χ3v) is 5.87. The number of hydrogen-bond acceptors (Lipinski definition) is 4. The molecule has 3 fully saturated rings. The van der Waals surface area contributed by atoms with E-state index in [1.54, 1.807) is 0 Å². The van der Waals surface area contributed by atoms with Gasteiger partial charge < -0.3 is 11.5 Å². The second-order valence-electron chi connectivity index (χ2n) is 7.30. The second kappa shape index (κ2) is 6.23. The van der Waals surface area contributed by atoms with Gasteiger partial charge in [0.1, 0.15) is 0 Å². The third-order valence-electron chi connectivity index (χ3n) is 5.87. The highest BCUT2D eigenvalue weighted by Crippen LogP contribution is 2.32. The minimum atomic E-state index is -0.772. The molecule has 0 radical (unpaired) electrons. The van der Waals surface area contributed by atoms with Crippen molar-refractivity contribution in [3.05, 3.63) is 0 Å². The first-order chi connectivity index (χ1) is 10.1. The fourth-order valence-electron chi connectivity index (χ4n) is 4.49. The molecular weight excluding hydrogens is 264 g/mol. The van der Waals surface area contributed by atoms with Crippen molar-refractivity contribution in [2.45, 2.75) is 69.0 Å². The number of carbonyl (C=O) groups is 1. The van der Waals surface area contributed by atoms with Crippen molar-refractivity contribution in [3.8, 4) is 0 Å². The lowest BCUT2D eigenvalue weighted by molar-refractivity contribution is -0.125. The van der Waals surface area contributed by atoms with Gasteiger partial charge in [0.05, 0.1) is 5.54 Å². The Kier molecular flexibility index (Phi) is 4.52. The van der Waals surface area contributed by atoms with Gasteiger partial charge in [-0.3, -0.25) is 14.6 Å². The van der Waals surface area contributed by atoms with Crippen LogP contribution in [0.15, 0.2) is 0 Å². The first-order valence-corrected chi connectivity index (χ1v) is 8.65. The lowest BCUT2D eigenvalue weighted by atomic mass is 9.78. The molecule has 4 N–H and O–H groups in total. The zero-order chi connectivity index (χ0) is 14.9. The quantitative estimate of drug-likeness (QED) is 0.802. The Labute approximate surface area is 128 Å². The molecule has 0 aromatic heterocycles. The molecule has 5 heteroatoms. The van der Waals surface area contributed by atoms with Crippen molar-refractivity contribution < 1.29 is 4.79 Å². The third kappa shape index (κ3) is 3.25. The summed E-state index contributed by atoms with van der Waals surface area (Å²) in [5, 5.41) is 0. The van der Waals surface area contributed by atoms with Gasteiger partial charge in [-0.15, -0.1) is 0 Å². The fraction of sp³-hybridized carbons (Fsp3) is 0.938. The summed E-state index contributed by atoms with van der Waals surface area (Å²) in [5.41, 5.74) is 11.0. The Morgan fingerprint density at radius 1 is 0.952 bits per heavy atom.